The second-order valence-corrected chi connectivity index (χ2v) is 5.19. The van der Waals surface area contributed by atoms with Gasteiger partial charge in [-0.2, -0.15) is 0 Å². The highest BCUT2D eigenvalue weighted by molar-refractivity contribution is 14.1. The average molecular weight is 340 g/mol. The third kappa shape index (κ3) is 3.25. The third-order valence-electron chi connectivity index (χ3n) is 2.72. The van der Waals surface area contributed by atoms with E-state index in [0.29, 0.717) is 0 Å². The molecule has 0 atom stereocenters. The molecule has 1 aromatic heterocycles. The third-order valence-corrected chi connectivity index (χ3v) is 3.66. The molecule has 1 N–H and O–H groups in total. The number of hydrogen-bond donors (Lipinski definition) is 1. The van der Waals surface area contributed by atoms with E-state index in [2.05, 4.69) is 82.0 Å². The molecule has 2 aromatic rings. The van der Waals surface area contributed by atoms with Gasteiger partial charge in [-0.05, 0) is 53.3 Å². The molecule has 0 saturated carbocycles. The predicted octanol–water partition coefficient (Wildman–Crippen LogP) is 4.11. The van der Waals surface area contributed by atoms with Crippen LogP contribution in [-0.2, 0) is 13.1 Å². The number of aromatic nitrogens is 1. The Balaban J connectivity index is 2.02. The molecule has 2 nitrogen and oxygen atoms in total. The number of nitrogens with one attached hydrogen (secondary N) is 1. The van der Waals surface area contributed by atoms with E-state index in [4.69, 9.17) is 0 Å². The molecule has 0 spiro atoms. The number of anilines is 1. The van der Waals surface area contributed by atoms with Gasteiger partial charge >= 0.3 is 0 Å². The van der Waals surface area contributed by atoms with E-state index in [1.165, 1.54) is 21.4 Å². The molecule has 1 heterocycles. The topological polar surface area (TPSA) is 17.0 Å². The van der Waals surface area contributed by atoms with Gasteiger partial charge in [0.05, 0.1) is 6.54 Å². The molecule has 0 aliphatic carbocycles. The van der Waals surface area contributed by atoms with Crippen molar-refractivity contribution in [2.45, 2.75) is 26.4 Å². The quantitative estimate of drug-likeness (QED) is 0.811. The van der Waals surface area contributed by atoms with Crippen molar-refractivity contribution in [2.75, 3.05) is 5.32 Å². The molecule has 0 fully saturated rings. The molecular formula is C14H17IN2. The van der Waals surface area contributed by atoms with Gasteiger partial charge < -0.3 is 9.88 Å². The zero-order valence-electron chi connectivity index (χ0n) is 9.99. The number of nitrogens with zero attached hydrogens (tertiary/aromatic N) is 1. The molecule has 0 aliphatic heterocycles. The van der Waals surface area contributed by atoms with Crippen LogP contribution in [0, 0.1) is 3.57 Å². The van der Waals surface area contributed by atoms with Crippen LogP contribution in [0.25, 0.3) is 0 Å². The van der Waals surface area contributed by atoms with Crippen LogP contribution in [0.1, 0.15) is 19.0 Å². The minimum Gasteiger partial charge on any atom is -0.379 e. The van der Waals surface area contributed by atoms with E-state index in [9.17, 15) is 0 Å². The number of rotatable bonds is 5. The Morgan fingerprint density at radius 1 is 1.18 bits per heavy atom. The second-order valence-electron chi connectivity index (χ2n) is 4.03. The summed E-state index contributed by atoms with van der Waals surface area (Å²) in [6.07, 6.45) is 3.32. The highest BCUT2D eigenvalue weighted by atomic mass is 127. The first kappa shape index (κ1) is 12.5. The molecule has 0 amide bonds. The van der Waals surface area contributed by atoms with Crippen molar-refractivity contribution in [3.63, 3.8) is 0 Å². The minimum atomic E-state index is 0.882. The number of halogens is 1. The SMILES string of the molecule is CCCn1cccc1CNc1ccccc1I. The fourth-order valence-corrected chi connectivity index (χ4v) is 2.44. The van der Waals surface area contributed by atoms with Crippen LogP contribution in [0.5, 0.6) is 0 Å². The zero-order chi connectivity index (χ0) is 12.1. The maximum absolute atomic E-state index is 3.49. The molecule has 90 valence electrons. The minimum absolute atomic E-state index is 0.882. The first-order chi connectivity index (χ1) is 8.31. The zero-order valence-corrected chi connectivity index (χ0v) is 12.1. The van der Waals surface area contributed by atoms with Crippen molar-refractivity contribution in [1.29, 1.82) is 0 Å². The molecule has 0 unspecified atom stereocenters. The van der Waals surface area contributed by atoms with E-state index < -0.39 is 0 Å². The lowest BCUT2D eigenvalue weighted by Gasteiger charge is -2.11. The summed E-state index contributed by atoms with van der Waals surface area (Å²) in [5.41, 5.74) is 2.55. The van der Waals surface area contributed by atoms with Gasteiger partial charge in [-0.25, -0.2) is 0 Å². The normalized spacial score (nSPS) is 10.5. The number of benzene rings is 1. The van der Waals surface area contributed by atoms with Crippen molar-refractivity contribution in [3.05, 3.63) is 51.9 Å². The molecular weight excluding hydrogens is 323 g/mol. The molecule has 0 bridgehead atoms. The van der Waals surface area contributed by atoms with Gasteiger partial charge in [-0.3, -0.25) is 0 Å². The van der Waals surface area contributed by atoms with Crippen molar-refractivity contribution < 1.29 is 0 Å². The molecule has 1 aromatic carbocycles. The lowest BCUT2D eigenvalue weighted by atomic mass is 10.3. The van der Waals surface area contributed by atoms with Crippen molar-refractivity contribution in [1.82, 2.24) is 4.57 Å². The second kappa shape index (κ2) is 6.10. The van der Waals surface area contributed by atoms with Gasteiger partial charge in [-0.1, -0.05) is 19.1 Å². The molecule has 2 rings (SSSR count). The van der Waals surface area contributed by atoms with E-state index >= 15 is 0 Å². The molecule has 3 heteroatoms. The summed E-state index contributed by atoms with van der Waals surface area (Å²) in [6, 6.07) is 12.7. The Morgan fingerprint density at radius 3 is 2.76 bits per heavy atom. The lowest BCUT2D eigenvalue weighted by molar-refractivity contribution is 0.654. The fraction of sp³-hybridized carbons (Fsp3) is 0.286. The Bertz CT molecular complexity index is 477. The predicted molar refractivity (Wildman–Crippen MR) is 81.2 cm³/mol. The average Bonchev–Trinajstić information content (AvgIpc) is 2.76. The van der Waals surface area contributed by atoms with Crippen LogP contribution in [0.15, 0.2) is 42.6 Å². The van der Waals surface area contributed by atoms with Gasteiger partial charge in [0.2, 0.25) is 0 Å². The first-order valence-corrected chi connectivity index (χ1v) is 7.01. The summed E-state index contributed by atoms with van der Waals surface area (Å²) in [6.45, 7) is 4.18. The number of hydrogen-bond acceptors (Lipinski definition) is 1. The van der Waals surface area contributed by atoms with E-state index in [1.54, 1.807) is 0 Å². The van der Waals surface area contributed by atoms with E-state index in [1.807, 2.05) is 0 Å². The molecule has 17 heavy (non-hydrogen) atoms. The first-order valence-electron chi connectivity index (χ1n) is 5.93. The van der Waals surface area contributed by atoms with Crippen molar-refractivity contribution >= 4 is 28.3 Å². The maximum Gasteiger partial charge on any atom is 0.0553 e. The highest BCUT2D eigenvalue weighted by Crippen LogP contribution is 2.18. The van der Waals surface area contributed by atoms with Crippen LogP contribution in [0.4, 0.5) is 5.69 Å². The van der Waals surface area contributed by atoms with Crippen molar-refractivity contribution in [2.24, 2.45) is 0 Å². The number of para-hydroxylation sites is 1. The van der Waals surface area contributed by atoms with Gasteiger partial charge in [-0.15, -0.1) is 0 Å². The van der Waals surface area contributed by atoms with Gasteiger partial charge in [0.25, 0.3) is 0 Å². The maximum atomic E-state index is 3.49. The highest BCUT2D eigenvalue weighted by Gasteiger charge is 2.01. The summed E-state index contributed by atoms with van der Waals surface area (Å²) in [4.78, 5) is 0. The van der Waals surface area contributed by atoms with Gasteiger partial charge in [0.15, 0.2) is 0 Å². The summed E-state index contributed by atoms with van der Waals surface area (Å²) in [5.74, 6) is 0. The lowest BCUT2D eigenvalue weighted by Crippen LogP contribution is -2.07. The van der Waals surface area contributed by atoms with E-state index in [-0.39, 0.29) is 0 Å². The Morgan fingerprint density at radius 2 is 2.00 bits per heavy atom. The molecule has 0 radical (unpaired) electrons. The summed E-state index contributed by atoms with van der Waals surface area (Å²) in [5, 5.41) is 3.49. The molecule has 0 aliphatic rings. The van der Waals surface area contributed by atoms with Crippen LogP contribution in [-0.4, -0.2) is 4.57 Å². The fourth-order valence-electron chi connectivity index (χ4n) is 1.86. The van der Waals surface area contributed by atoms with E-state index in [0.717, 1.165) is 13.1 Å². The summed E-state index contributed by atoms with van der Waals surface area (Å²) < 4.78 is 3.57. The Labute approximate surface area is 116 Å². The Kier molecular flexibility index (Phi) is 4.48. The summed E-state index contributed by atoms with van der Waals surface area (Å²) >= 11 is 2.36. The van der Waals surface area contributed by atoms with Crippen LogP contribution in [0.3, 0.4) is 0 Å². The van der Waals surface area contributed by atoms with Crippen LogP contribution >= 0.6 is 22.6 Å². The van der Waals surface area contributed by atoms with Gasteiger partial charge in [0.1, 0.15) is 0 Å². The standard InChI is InChI=1S/C14H17IN2/c1-2-9-17-10-5-6-12(17)11-16-14-8-4-3-7-13(14)15/h3-8,10,16H,2,9,11H2,1H3. The van der Waals surface area contributed by atoms with Gasteiger partial charge in [0, 0.05) is 27.7 Å². The molecule has 0 saturated heterocycles. The largest absolute Gasteiger partial charge is 0.379 e. The Hall–Kier alpha value is -0.970. The monoisotopic (exact) mass is 340 g/mol. The van der Waals surface area contributed by atoms with Crippen molar-refractivity contribution in [3.8, 4) is 0 Å². The smallest absolute Gasteiger partial charge is 0.0553 e. The number of aryl methyl sites for hydroxylation is 1. The summed E-state index contributed by atoms with van der Waals surface area (Å²) in [7, 11) is 0. The van der Waals surface area contributed by atoms with Crippen LogP contribution in [0.2, 0.25) is 0 Å². The van der Waals surface area contributed by atoms with Crippen LogP contribution < -0.4 is 5.32 Å².